The van der Waals surface area contributed by atoms with Crippen molar-refractivity contribution in [3.05, 3.63) is 192 Å². The number of rotatable bonds is 9. The van der Waals surface area contributed by atoms with Gasteiger partial charge in [0.2, 0.25) is 6.71 Å². The van der Waals surface area contributed by atoms with E-state index in [1.807, 2.05) is 48.5 Å². The van der Waals surface area contributed by atoms with E-state index in [4.69, 9.17) is 19.2 Å². The number of carbonyl (C=O) groups is 1. The Kier molecular flexibility index (Phi) is 9.87. The first-order valence-corrected chi connectivity index (χ1v) is 19.3. The molecule has 4 nitrogen and oxygen atoms in total. The van der Waals surface area contributed by atoms with Gasteiger partial charge in [-0.05, 0) is 98.1 Å². The van der Waals surface area contributed by atoms with Crippen molar-refractivity contribution in [3.63, 3.8) is 0 Å². The Balaban J connectivity index is 1.17. The Bertz CT molecular complexity index is 2970. The SMILES string of the molecule is [B]c1c(B(c2ccc(-c3cc(C#N)cc([N+]#[C-])c3)cc2)c2cccc3c2[B]c2ccc(-c4ccc(C=O)cc4)cc2-3)cccc1-c1cccc(-c2ccc(OC)cc2)c1. The highest BCUT2D eigenvalue weighted by molar-refractivity contribution is 7.00. The van der Waals surface area contributed by atoms with Gasteiger partial charge in [0, 0.05) is 11.1 Å². The zero-order valence-corrected chi connectivity index (χ0v) is 32.2. The molecule has 0 atom stereocenters. The van der Waals surface area contributed by atoms with Gasteiger partial charge in [0.05, 0.1) is 19.8 Å². The summed E-state index contributed by atoms with van der Waals surface area (Å²) in [5.74, 6) is 0.809. The lowest BCUT2D eigenvalue weighted by atomic mass is 9.33. The number of benzene rings is 8. The number of carbonyl (C=O) groups excluding carboxylic acids is 1. The highest BCUT2D eigenvalue weighted by Gasteiger charge is 2.31. The molecule has 0 unspecified atom stereocenters. The van der Waals surface area contributed by atoms with Crippen LogP contribution in [-0.2, 0) is 0 Å². The van der Waals surface area contributed by atoms with E-state index in [2.05, 4.69) is 133 Å². The van der Waals surface area contributed by atoms with E-state index in [0.717, 1.165) is 95.0 Å². The standard InChI is InChI=1S/C52H32B3N2O2/c1-57-43-27-34(31-56)26-41(29-43)37-16-21-42(22-17-37)55(49-10-4-8-45(51(49)53)40-7-3-6-38(28-40)36-18-23-44(59-2)24-19-36)50-11-5-9-46-47-30-39(20-25-48(47)54-52(46)50)35-14-12-33(32-58)13-15-35/h3-30,32H,2H3. The quantitative estimate of drug-likeness (QED) is 0.0872. The number of aldehydes is 1. The molecule has 0 N–H and O–H groups in total. The van der Waals surface area contributed by atoms with Crippen LogP contribution in [0.5, 0.6) is 5.75 Å². The lowest BCUT2D eigenvalue weighted by molar-refractivity contribution is 0.112. The number of ether oxygens (including phenoxy) is 1. The zero-order valence-electron chi connectivity index (χ0n) is 32.2. The molecule has 7 heteroatoms. The van der Waals surface area contributed by atoms with Gasteiger partial charge in [-0.3, -0.25) is 4.79 Å². The summed E-state index contributed by atoms with van der Waals surface area (Å²) < 4.78 is 5.40. The minimum absolute atomic E-state index is 0.242. The summed E-state index contributed by atoms with van der Waals surface area (Å²) in [6.07, 6.45) is 0.864. The molecule has 0 amide bonds. The molecule has 0 fully saturated rings. The summed E-state index contributed by atoms with van der Waals surface area (Å²) in [5.41, 5.74) is 18.0. The van der Waals surface area contributed by atoms with E-state index < -0.39 is 0 Å². The van der Waals surface area contributed by atoms with Crippen LogP contribution in [0.4, 0.5) is 5.69 Å². The second-order valence-electron chi connectivity index (χ2n) is 14.7. The van der Waals surface area contributed by atoms with Gasteiger partial charge in [0.15, 0.2) is 13.0 Å². The molecule has 271 valence electrons. The highest BCUT2D eigenvalue weighted by Crippen LogP contribution is 2.30. The Morgan fingerprint density at radius 2 is 1.27 bits per heavy atom. The van der Waals surface area contributed by atoms with Crippen molar-refractivity contribution in [2.75, 3.05) is 7.11 Å². The minimum atomic E-state index is -0.242. The zero-order chi connectivity index (χ0) is 40.5. The van der Waals surface area contributed by atoms with E-state index in [1.165, 1.54) is 0 Å². The van der Waals surface area contributed by atoms with Crippen molar-refractivity contribution in [3.8, 4) is 67.5 Å². The van der Waals surface area contributed by atoms with Crippen molar-refractivity contribution < 1.29 is 9.53 Å². The molecule has 8 aromatic rings. The largest absolute Gasteiger partial charge is 0.497 e. The molecular formula is C52H32B3N2O2. The summed E-state index contributed by atoms with van der Waals surface area (Å²) in [7, 11) is 11.3. The number of hydrogen-bond donors (Lipinski definition) is 0. The first kappa shape index (κ1) is 37.0. The number of hydrogen-bond acceptors (Lipinski definition) is 3. The smallest absolute Gasteiger partial charge is 0.239 e. The van der Waals surface area contributed by atoms with Gasteiger partial charge in [0.1, 0.15) is 19.9 Å². The summed E-state index contributed by atoms with van der Waals surface area (Å²) in [6, 6.07) is 59.4. The third kappa shape index (κ3) is 7.05. The molecular weight excluding hydrogens is 717 g/mol. The predicted molar refractivity (Wildman–Crippen MR) is 244 cm³/mol. The second kappa shape index (κ2) is 15.7. The third-order valence-corrected chi connectivity index (χ3v) is 11.3. The molecule has 0 saturated carbocycles. The Labute approximate surface area is 347 Å². The normalized spacial score (nSPS) is 11.0. The van der Waals surface area contributed by atoms with E-state index >= 15 is 0 Å². The molecule has 0 aromatic heterocycles. The molecule has 1 heterocycles. The molecule has 1 aliphatic rings. The van der Waals surface area contributed by atoms with Crippen LogP contribution in [0.15, 0.2) is 170 Å². The topological polar surface area (TPSA) is 54.5 Å². The van der Waals surface area contributed by atoms with Gasteiger partial charge in [-0.25, -0.2) is 4.85 Å². The molecule has 3 radical (unpaired) electrons. The molecule has 0 bridgehead atoms. The monoisotopic (exact) mass is 749 g/mol. The van der Waals surface area contributed by atoms with Crippen LogP contribution in [0.3, 0.4) is 0 Å². The third-order valence-electron chi connectivity index (χ3n) is 11.3. The van der Waals surface area contributed by atoms with Crippen molar-refractivity contribution in [1.29, 1.82) is 5.26 Å². The lowest BCUT2D eigenvalue weighted by Gasteiger charge is -2.23. The first-order valence-electron chi connectivity index (χ1n) is 19.3. The van der Waals surface area contributed by atoms with Crippen molar-refractivity contribution in [2.45, 2.75) is 0 Å². The molecule has 0 aliphatic carbocycles. The number of nitrogens with zero attached hydrogens (tertiary/aromatic N) is 2. The van der Waals surface area contributed by atoms with Gasteiger partial charge in [-0.15, -0.1) is 0 Å². The number of methoxy groups -OCH3 is 1. The van der Waals surface area contributed by atoms with Crippen LogP contribution in [0.1, 0.15) is 15.9 Å². The first-order chi connectivity index (χ1) is 28.9. The van der Waals surface area contributed by atoms with Gasteiger partial charge < -0.3 is 4.74 Å². The van der Waals surface area contributed by atoms with E-state index in [9.17, 15) is 10.1 Å². The molecule has 59 heavy (non-hydrogen) atoms. The van der Waals surface area contributed by atoms with E-state index in [1.54, 1.807) is 13.2 Å². The van der Waals surface area contributed by atoms with Gasteiger partial charge >= 0.3 is 0 Å². The second-order valence-corrected chi connectivity index (χ2v) is 14.7. The van der Waals surface area contributed by atoms with Crippen LogP contribution < -0.4 is 37.5 Å². The lowest BCUT2D eigenvalue weighted by Crippen LogP contribution is -2.61. The maximum absolute atomic E-state index is 11.3. The predicted octanol–water partition coefficient (Wildman–Crippen LogP) is 7.54. The molecule has 8 aromatic carbocycles. The summed E-state index contributed by atoms with van der Waals surface area (Å²) >= 11 is 0. The number of fused-ring (bicyclic) bond motifs is 3. The fourth-order valence-electron chi connectivity index (χ4n) is 8.27. The highest BCUT2D eigenvalue weighted by atomic mass is 16.5. The Morgan fingerprint density at radius 3 is 1.98 bits per heavy atom. The summed E-state index contributed by atoms with van der Waals surface area (Å²) in [6.45, 7) is 7.35. The van der Waals surface area contributed by atoms with Gasteiger partial charge in [-0.2, -0.15) is 5.26 Å². The van der Waals surface area contributed by atoms with Crippen molar-refractivity contribution in [1.82, 2.24) is 0 Å². The average molecular weight is 749 g/mol. The maximum Gasteiger partial charge on any atom is 0.239 e. The molecule has 9 rings (SSSR count). The van der Waals surface area contributed by atoms with Crippen molar-refractivity contribution >= 4 is 66.6 Å². The maximum atomic E-state index is 11.3. The fourth-order valence-corrected chi connectivity index (χ4v) is 8.27. The van der Waals surface area contributed by atoms with Gasteiger partial charge in [-0.1, -0.05) is 160 Å². The average Bonchev–Trinajstić information content (AvgIpc) is 3.68. The van der Waals surface area contributed by atoms with E-state index in [-0.39, 0.29) is 6.71 Å². The van der Waals surface area contributed by atoms with Crippen LogP contribution >= 0.6 is 0 Å². The number of nitriles is 1. The van der Waals surface area contributed by atoms with Crippen molar-refractivity contribution in [2.24, 2.45) is 0 Å². The van der Waals surface area contributed by atoms with Crippen LogP contribution in [0.2, 0.25) is 0 Å². The van der Waals surface area contributed by atoms with E-state index in [0.29, 0.717) is 22.3 Å². The van der Waals surface area contributed by atoms with Crippen LogP contribution in [-0.4, -0.2) is 35.2 Å². The molecule has 0 saturated heterocycles. The van der Waals surface area contributed by atoms with Gasteiger partial charge in [0.25, 0.3) is 0 Å². The molecule has 0 spiro atoms. The van der Waals surface area contributed by atoms with Crippen LogP contribution in [0.25, 0.3) is 60.5 Å². The fraction of sp³-hybridized carbons (Fsp3) is 0.0192. The van der Waals surface area contributed by atoms with Crippen LogP contribution in [0, 0.1) is 17.9 Å². The Hall–Kier alpha value is -7.60. The summed E-state index contributed by atoms with van der Waals surface area (Å²) in [4.78, 5) is 14.9. The summed E-state index contributed by atoms with van der Waals surface area (Å²) in [5, 5.41) is 9.67. The minimum Gasteiger partial charge on any atom is -0.497 e. The molecule has 1 aliphatic heterocycles. The Morgan fingerprint density at radius 1 is 0.644 bits per heavy atom.